The number of piperidine rings is 1. The minimum absolute atomic E-state index is 0.529. The molecule has 2 heterocycles. The number of nitrogens with one attached hydrogen (secondary N) is 1. The Balaban J connectivity index is 2.14. The molecule has 2 rings (SSSR count). The highest BCUT2D eigenvalue weighted by atomic mass is 15.2. The molecule has 1 aromatic rings. The maximum atomic E-state index is 8.85. The molecule has 0 radical (unpaired) electrons. The number of hydrogen-bond acceptors (Lipinski definition) is 4. The van der Waals surface area contributed by atoms with Crippen LogP contribution in [0.4, 0.5) is 5.82 Å². The highest BCUT2D eigenvalue weighted by molar-refractivity contribution is 5.45. The summed E-state index contributed by atoms with van der Waals surface area (Å²) in [7, 11) is 1.99. The first-order valence-corrected chi connectivity index (χ1v) is 5.62. The predicted molar refractivity (Wildman–Crippen MR) is 63.2 cm³/mol. The topological polar surface area (TPSA) is 52.0 Å². The van der Waals surface area contributed by atoms with E-state index in [9.17, 15) is 0 Å². The fourth-order valence-electron chi connectivity index (χ4n) is 2.08. The lowest BCUT2D eigenvalue weighted by Crippen LogP contribution is -2.44. The Bertz CT molecular complexity index is 396. The summed E-state index contributed by atoms with van der Waals surface area (Å²) in [6.45, 7) is 2.00. The van der Waals surface area contributed by atoms with Crippen molar-refractivity contribution in [3.05, 3.63) is 23.9 Å². The van der Waals surface area contributed by atoms with Crippen LogP contribution in [-0.2, 0) is 0 Å². The number of nitriles is 1. The van der Waals surface area contributed by atoms with Crippen molar-refractivity contribution in [1.29, 1.82) is 5.26 Å². The summed E-state index contributed by atoms with van der Waals surface area (Å²) >= 11 is 0. The van der Waals surface area contributed by atoms with Crippen molar-refractivity contribution in [3.63, 3.8) is 0 Å². The molecule has 4 nitrogen and oxygen atoms in total. The van der Waals surface area contributed by atoms with Gasteiger partial charge in [0, 0.05) is 25.3 Å². The van der Waals surface area contributed by atoms with E-state index >= 15 is 0 Å². The van der Waals surface area contributed by atoms with Crippen LogP contribution in [0.5, 0.6) is 0 Å². The van der Waals surface area contributed by atoms with Crippen LogP contribution in [0.25, 0.3) is 0 Å². The number of anilines is 1. The number of pyridine rings is 1. The summed E-state index contributed by atoms with van der Waals surface area (Å²) in [6, 6.07) is 6.28. The molecule has 0 aromatic carbocycles. The Morgan fingerprint density at radius 1 is 1.62 bits per heavy atom. The quantitative estimate of drug-likeness (QED) is 0.805. The second-order valence-electron chi connectivity index (χ2n) is 4.09. The Labute approximate surface area is 95.9 Å². The van der Waals surface area contributed by atoms with Gasteiger partial charge in [-0.3, -0.25) is 0 Å². The fourth-order valence-corrected chi connectivity index (χ4v) is 2.08. The van der Waals surface area contributed by atoms with Crippen molar-refractivity contribution in [1.82, 2.24) is 10.3 Å². The molecule has 0 saturated carbocycles. The van der Waals surface area contributed by atoms with E-state index in [1.54, 1.807) is 12.3 Å². The van der Waals surface area contributed by atoms with Gasteiger partial charge in [-0.15, -0.1) is 0 Å². The van der Waals surface area contributed by atoms with Crippen molar-refractivity contribution in [3.8, 4) is 6.07 Å². The van der Waals surface area contributed by atoms with Crippen LogP contribution in [0.3, 0.4) is 0 Å². The maximum Gasteiger partial charge on any atom is 0.129 e. The van der Waals surface area contributed by atoms with E-state index in [2.05, 4.69) is 21.3 Å². The van der Waals surface area contributed by atoms with Gasteiger partial charge in [-0.25, -0.2) is 4.98 Å². The third-order valence-corrected chi connectivity index (χ3v) is 3.03. The van der Waals surface area contributed by atoms with Gasteiger partial charge >= 0.3 is 0 Å². The summed E-state index contributed by atoms with van der Waals surface area (Å²) in [5, 5.41) is 12.1. The first kappa shape index (κ1) is 10.9. The number of rotatable bonds is 2. The monoisotopic (exact) mass is 216 g/mol. The summed E-state index contributed by atoms with van der Waals surface area (Å²) in [5.74, 6) is 0.916. The van der Waals surface area contributed by atoms with Gasteiger partial charge in [0.25, 0.3) is 0 Å². The molecule has 0 bridgehead atoms. The SMILES string of the molecule is CN[C@@H]1CCCN(c2cc(C#N)ccn2)C1. The molecular weight excluding hydrogens is 200 g/mol. The largest absolute Gasteiger partial charge is 0.355 e. The van der Waals surface area contributed by atoms with Gasteiger partial charge in [0.05, 0.1) is 11.6 Å². The first-order valence-electron chi connectivity index (χ1n) is 5.62. The van der Waals surface area contributed by atoms with Gasteiger partial charge in [0.2, 0.25) is 0 Å². The zero-order valence-corrected chi connectivity index (χ0v) is 9.48. The van der Waals surface area contributed by atoms with E-state index in [1.807, 2.05) is 13.1 Å². The van der Waals surface area contributed by atoms with Crippen molar-refractivity contribution < 1.29 is 0 Å². The lowest BCUT2D eigenvalue weighted by molar-refractivity contribution is 0.447. The molecule has 1 fully saturated rings. The van der Waals surface area contributed by atoms with E-state index in [-0.39, 0.29) is 0 Å². The van der Waals surface area contributed by atoms with E-state index in [0.29, 0.717) is 11.6 Å². The highest BCUT2D eigenvalue weighted by Crippen LogP contribution is 2.18. The second-order valence-corrected chi connectivity index (χ2v) is 4.09. The van der Waals surface area contributed by atoms with Gasteiger partial charge in [-0.05, 0) is 32.0 Å². The van der Waals surface area contributed by atoms with E-state index in [1.165, 1.54) is 12.8 Å². The van der Waals surface area contributed by atoms with Crippen molar-refractivity contribution in [2.45, 2.75) is 18.9 Å². The van der Waals surface area contributed by atoms with E-state index in [4.69, 9.17) is 5.26 Å². The molecule has 1 aliphatic heterocycles. The van der Waals surface area contributed by atoms with Crippen LogP contribution in [0, 0.1) is 11.3 Å². The number of likely N-dealkylation sites (N-methyl/N-ethyl adjacent to an activating group) is 1. The van der Waals surface area contributed by atoms with Crippen LogP contribution in [0.15, 0.2) is 18.3 Å². The van der Waals surface area contributed by atoms with Crippen LogP contribution in [-0.4, -0.2) is 31.2 Å². The molecule has 4 heteroatoms. The molecule has 0 amide bonds. The molecule has 1 atom stereocenters. The Kier molecular flexibility index (Phi) is 3.37. The van der Waals surface area contributed by atoms with Crippen molar-refractivity contribution in [2.75, 3.05) is 25.0 Å². The van der Waals surface area contributed by atoms with E-state index < -0.39 is 0 Å². The second kappa shape index (κ2) is 4.95. The molecule has 84 valence electrons. The van der Waals surface area contributed by atoms with Gasteiger partial charge in [0.15, 0.2) is 0 Å². The van der Waals surface area contributed by atoms with Crippen molar-refractivity contribution >= 4 is 5.82 Å². The summed E-state index contributed by atoms with van der Waals surface area (Å²) in [6.07, 6.45) is 4.09. The number of aromatic nitrogens is 1. The number of nitrogens with zero attached hydrogens (tertiary/aromatic N) is 3. The van der Waals surface area contributed by atoms with Gasteiger partial charge < -0.3 is 10.2 Å². The van der Waals surface area contributed by atoms with Crippen molar-refractivity contribution in [2.24, 2.45) is 0 Å². The van der Waals surface area contributed by atoms with Crippen LogP contribution >= 0.6 is 0 Å². The van der Waals surface area contributed by atoms with Crippen LogP contribution < -0.4 is 10.2 Å². The lowest BCUT2D eigenvalue weighted by atomic mass is 10.1. The summed E-state index contributed by atoms with van der Waals surface area (Å²) in [4.78, 5) is 6.57. The summed E-state index contributed by atoms with van der Waals surface area (Å²) < 4.78 is 0. The maximum absolute atomic E-state index is 8.85. The van der Waals surface area contributed by atoms with Crippen LogP contribution in [0.2, 0.25) is 0 Å². The molecule has 16 heavy (non-hydrogen) atoms. The Morgan fingerprint density at radius 3 is 3.25 bits per heavy atom. The van der Waals surface area contributed by atoms with E-state index in [0.717, 1.165) is 18.9 Å². The Hall–Kier alpha value is -1.60. The third-order valence-electron chi connectivity index (χ3n) is 3.03. The smallest absolute Gasteiger partial charge is 0.129 e. The minimum Gasteiger partial charge on any atom is -0.355 e. The molecule has 1 N–H and O–H groups in total. The van der Waals surface area contributed by atoms with Gasteiger partial charge in [-0.1, -0.05) is 0 Å². The normalized spacial score (nSPS) is 20.5. The summed E-state index contributed by atoms with van der Waals surface area (Å²) in [5.41, 5.74) is 0.677. The Morgan fingerprint density at radius 2 is 2.50 bits per heavy atom. The average molecular weight is 216 g/mol. The molecule has 1 aromatic heterocycles. The first-order chi connectivity index (χ1) is 7.83. The third kappa shape index (κ3) is 2.31. The zero-order valence-electron chi connectivity index (χ0n) is 9.48. The molecule has 1 aliphatic rings. The molecular formula is C12H16N4. The predicted octanol–water partition coefficient (Wildman–Crippen LogP) is 1.14. The highest BCUT2D eigenvalue weighted by Gasteiger charge is 2.19. The molecule has 0 unspecified atom stereocenters. The molecule has 0 spiro atoms. The minimum atomic E-state index is 0.529. The standard InChI is InChI=1S/C12H16N4/c1-14-11-3-2-6-16(9-11)12-7-10(8-13)4-5-15-12/h4-5,7,11,14H,2-3,6,9H2,1H3/t11-/m1/s1. The molecule has 0 aliphatic carbocycles. The zero-order chi connectivity index (χ0) is 11.4. The molecule has 1 saturated heterocycles. The van der Waals surface area contributed by atoms with Gasteiger partial charge in [-0.2, -0.15) is 5.26 Å². The lowest BCUT2D eigenvalue weighted by Gasteiger charge is -2.33. The average Bonchev–Trinajstić information content (AvgIpc) is 2.39. The fraction of sp³-hybridized carbons (Fsp3) is 0.500. The van der Waals surface area contributed by atoms with Crippen LogP contribution in [0.1, 0.15) is 18.4 Å². The number of hydrogen-bond donors (Lipinski definition) is 1. The van der Waals surface area contributed by atoms with Gasteiger partial charge in [0.1, 0.15) is 5.82 Å².